The van der Waals surface area contributed by atoms with E-state index in [1.165, 1.54) is 35.7 Å². The van der Waals surface area contributed by atoms with Crippen molar-refractivity contribution in [3.05, 3.63) is 29.8 Å². The number of carbonyl (C=O) groups excluding carboxylic acids is 5. The van der Waals surface area contributed by atoms with Gasteiger partial charge < -0.3 is 43.6 Å². The van der Waals surface area contributed by atoms with Gasteiger partial charge >= 0.3 is 0 Å². The fourth-order valence-electron chi connectivity index (χ4n) is 4.34. The Morgan fingerprint density at radius 1 is 0.756 bits per heavy atom. The summed E-state index contributed by atoms with van der Waals surface area (Å²) in [6.07, 6.45) is 6.16. The van der Waals surface area contributed by atoms with Crippen molar-refractivity contribution in [2.24, 2.45) is 23.1 Å². The molecule has 15 heteroatoms. The topological polar surface area (TPSA) is 232 Å². The summed E-state index contributed by atoms with van der Waals surface area (Å²) in [5.74, 6) is -2.10. The highest BCUT2D eigenvalue weighted by Crippen LogP contribution is 2.13. The lowest BCUT2D eigenvalue weighted by molar-refractivity contribution is -0.135. The number of hydrogen-bond acceptors (Lipinski definition) is 10. The number of primary amides is 1. The summed E-state index contributed by atoms with van der Waals surface area (Å²) in [7, 11) is 0. The highest BCUT2D eigenvalue weighted by Gasteiger charge is 2.32. The molecule has 11 N–H and O–H groups in total. The molecule has 45 heavy (non-hydrogen) atoms. The average molecular weight is 670 g/mol. The van der Waals surface area contributed by atoms with Gasteiger partial charge in [0.25, 0.3) is 0 Å². The van der Waals surface area contributed by atoms with E-state index in [0.717, 1.165) is 0 Å². The molecule has 0 aromatic heterocycles. The molecule has 0 unspecified atom stereocenters. The SMILES string of the molecule is CSCC[C@H](NC(=O)[C@H](Cc1ccc(O)cc1)NC(=O)[C@@H](N)CCCCN)C(=O)N[C@H](C(=O)N[C@H](CCSC)C(N)=O)C(C)C. The van der Waals surface area contributed by atoms with E-state index in [1.54, 1.807) is 26.0 Å². The zero-order chi connectivity index (χ0) is 33.9. The quantitative estimate of drug-likeness (QED) is 0.0769. The normalized spacial score (nSPS) is 14.5. The van der Waals surface area contributed by atoms with Crippen molar-refractivity contribution < 1.29 is 29.1 Å². The molecule has 0 saturated carbocycles. The fourth-order valence-corrected chi connectivity index (χ4v) is 5.29. The Hall–Kier alpha value is -3.01. The lowest BCUT2D eigenvalue weighted by atomic mass is 10.0. The molecule has 0 radical (unpaired) electrons. The van der Waals surface area contributed by atoms with Crippen molar-refractivity contribution in [3.8, 4) is 5.75 Å². The Bertz CT molecular complexity index is 1090. The molecule has 0 spiro atoms. The number of thioether (sulfide) groups is 2. The molecule has 0 aliphatic heterocycles. The van der Waals surface area contributed by atoms with E-state index >= 15 is 0 Å². The third-order valence-electron chi connectivity index (χ3n) is 7.08. The Labute approximate surface area is 274 Å². The van der Waals surface area contributed by atoms with Gasteiger partial charge in [-0.3, -0.25) is 24.0 Å². The van der Waals surface area contributed by atoms with Crippen molar-refractivity contribution in [2.45, 2.75) is 82.6 Å². The van der Waals surface area contributed by atoms with E-state index in [4.69, 9.17) is 17.2 Å². The lowest BCUT2D eigenvalue weighted by Crippen LogP contribution is -2.60. The number of hydrogen-bond donors (Lipinski definition) is 8. The second kappa shape index (κ2) is 21.7. The zero-order valence-electron chi connectivity index (χ0n) is 26.7. The van der Waals surface area contributed by atoms with Gasteiger partial charge in [0, 0.05) is 6.42 Å². The summed E-state index contributed by atoms with van der Waals surface area (Å²) in [5, 5.41) is 20.5. The lowest BCUT2D eigenvalue weighted by Gasteiger charge is -2.28. The Kier molecular flexibility index (Phi) is 19.3. The van der Waals surface area contributed by atoms with Crippen LogP contribution in [-0.4, -0.2) is 95.4 Å². The maximum atomic E-state index is 13.6. The summed E-state index contributed by atoms with van der Waals surface area (Å²) < 4.78 is 0. The van der Waals surface area contributed by atoms with E-state index in [2.05, 4.69) is 21.3 Å². The average Bonchev–Trinajstić information content (AvgIpc) is 2.99. The van der Waals surface area contributed by atoms with Gasteiger partial charge in [-0.05, 0) is 79.9 Å². The van der Waals surface area contributed by atoms with Crippen LogP contribution in [-0.2, 0) is 30.4 Å². The first-order valence-corrected chi connectivity index (χ1v) is 17.9. The second-order valence-corrected chi connectivity index (χ2v) is 13.1. The monoisotopic (exact) mass is 669 g/mol. The Morgan fingerprint density at radius 2 is 1.29 bits per heavy atom. The molecular formula is C30H51N7O6S2. The number of carbonyl (C=O) groups is 5. The van der Waals surface area contributed by atoms with Crippen LogP contribution in [0.2, 0.25) is 0 Å². The van der Waals surface area contributed by atoms with E-state index in [0.29, 0.717) is 49.3 Å². The van der Waals surface area contributed by atoms with E-state index in [1.807, 2.05) is 12.5 Å². The van der Waals surface area contributed by atoms with E-state index in [-0.39, 0.29) is 24.5 Å². The maximum Gasteiger partial charge on any atom is 0.243 e. The molecule has 1 aromatic rings. The first kappa shape index (κ1) is 40.0. The second-order valence-electron chi connectivity index (χ2n) is 11.1. The van der Waals surface area contributed by atoms with Crippen LogP contribution >= 0.6 is 23.5 Å². The van der Waals surface area contributed by atoms with Crippen LogP contribution < -0.4 is 38.5 Å². The van der Waals surface area contributed by atoms with E-state index < -0.39 is 59.7 Å². The molecule has 1 aromatic carbocycles. The number of unbranched alkanes of at least 4 members (excludes halogenated alkanes) is 1. The third kappa shape index (κ3) is 15.2. The summed E-state index contributed by atoms with van der Waals surface area (Å²) in [6.45, 7) is 3.98. The number of nitrogens with two attached hydrogens (primary N) is 3. The largest absolute Gasteiger partial charge is 0.508 e. The Balaban J connectivity index is 3.16. The predicted octanol–water partition coefficient (Wildman–Crippen LogP) is -0.0223. The Morgan fingerprint density at radius 3 is 1.82 bits per heavy atom. The van der Waals surface area contributed by atoms with Crippen LogP contribution in [0.25, 0.3) is 0 Å². The van der Waals surface area contributed by atoms with Gasteiger partial charge in [0.1, 0.15) is 29.9 Å². The number of nitrogens with one attached hydrogen (secondary N) is 4. The first-order valence-electron chi connectivity index (χ1n) is 15.1. The van der Waals surface area contributed by atoms with Crippen LogP contribution in [0.15, 0.2) is 24.3 Å². The molecule has 0 heterocycles. The van der Waals surface area contributed by atoms with Crippen LogP contribution in [0, 0.1) is 5.92 Å². The maximum absolute atomic E-state index is 13.6. The molecule has 0 saturated heterocycles. The molecule has 13 nitrogen and oxygen atoms in total. The molecular weight excluding hydrogens is 619 g/mol. The smallest absolute Gasteiger partial charge is 0.243 e. The van der Waals surface area contributed by atoms with E-state index in [9.17, 15) is 29.1 Å². The minimum atomic E-state index is -1.08. The highest BCUT2D eigenvalue weighted by atomic mass is 32.2. The van der Waals surface area contributed by atoms with Gasteiger partial charge in [0.15, 0.2) is 0 Å². The van der Waals surface area contributed by atoms with Gasteiger partial charge in [-0.15, -0.1) is 0 Å². The van der Waals surface area contributed by atoms with Crippen LogP contribution in [0.4, 0.5) is 0 Å². The number of aromatic hydroxyl groups is 1. The van der Waals surface area contributed by atoms with Crippen LogP contribution in [0.5, 0.6) is 5.75 Å². The number of phenols is 1. The van der Waals surface area contributed by atoms with Crippen molar-refractivity contribution in [1.29, 1.82) is 0 Å². The minimum absolute atomic E-state index is 0.0506. The fraction of sp³-hybridized carbons (Fsp3) is 0.633. The van der Waals surface area contributed by atoms with Gasteiger partial charge in [-0.1, -0.05) is 32.4 Å². The molecule has 5 amide bonds. The molecule has 5 atom stereocenters. The van der Waals surface area contributed by atoms with Crippen molar-refractivity contribution in [2.75, 3.05) is 30.6 Å². The molecule has 1 rings (SSSR count). The molecule has 0 aliphatic carbocycles. The predicted molar refractivity (Wildman–Crippen MR) is 180 cm³/mol. The standard InChI is InChI=1S/C30H51N7O6S2/c1-18(2)25(30(43)34-22(26(33)39)12-15-44-3)37-28(41)23(13-16-45-4)35-29(42)24(17-19-8-10-20(38)11-9-19)36-27(40)21(32)7-5-6-14-31/h8-11,18,21-25,38H,5-7,12-17,31-32H2,1-4H3,(H2,33,39)(H,34,43)(H,35,42)(H,36,40)(H,37,41)/t21-,22+,23-,24-,25-/m0/s1. The number of benzene rings is 1. The number of amides is 5. The summed E-state index contributed by atoms with van der Waals surface area (Å²) in [5.41, 5.74) is 17.8. The van der Waals surface area contributed by atoms with Crippen molar-refractivity contribution in [3.63, 3.8) is 0 Å². The van der Waals surface area contributed by atoms with Gasteiger partial charge in [-0.25, -0.2) is 0 Å². The molecule has 254 valence electrons. The van der Waals surface area contributed by atoms with Crippen molar-refractivity contribution >= 4 is 53.1 Å². The van der Waals surface area contributed by atoms with Gasteiger partial charge in [-0.2, -0.15) is 23.5 Å². The molecule has 0 fully saturated rings. The van der Waals surface area contributed by atoms with Crippen molar-refractivity contribution in [1.82, 2.24) is 21.3 Å². The summed E-state index contributed by atoms with van der Waals surface area (Å²) >= 11 is 2.99. The first-order chi connectivity index (χ1) is 21.3. The third-order valence-corrected chi connectivity index (χ3v) is 8.36. The minimum Gasteiger partial charge on any atom is -0.508 e. The van der Waals surface area contributed by atoms with Gasteiger partial charge in [0.05, 0.1) is 6.04 Å². The van der Waals surface area contributed by atoms with Crippen LogP contribution in [0.3, 0.4) is 0 Å². The van der Waals surface area contributed by atoms with Crippen LogP contribution in [0.1, 0.15) is 51.5 Å². The van der Waals surface area contributed by atoms with Gasteiger partial charge in [0.2, 0.25) is 29.5 Å². The zero-order valence-corrected chi connectivity index (χ0v) is 28.3. The molecule has 0 bridgehead atoms. The highest BCUT2D eigenvalue weighted by molar-refractivity contribution is 7.98. The summed E-state index contributed by atoms with van der Waals surface area (Å²) in [4.78, 5) is 65.2. The molecule has 0 aliphatic rings. The summed E-state index contributed by atoms with van der Waals surface area (Å²) in [6, 6.07) is 1.36. The number of rotatable bonds is 22. The number of phenolic OH excluding ortho intramolecular Hbond substituents is 1.